The van der Waals surface area contributed by atoms with Crippen LogP contribution in [0, 0.1) is 6.92 Å². The van der Waals surface area contributed by atoms with Gasteiger partial charge in [0.05, 0.1) is 6.61 Å². The Morgan fingerprint density at radius 3 is 2.09 bits per heavy atom. The van der Waals surface area contributed by atoms with Crippen molar-refractivity contribution in [2.24, 2.45) is 0 Å². The quantitative estimate of drug-likeness (QED) is 0.645. The van der Waals surface area contributed by atoms with Crippen molar-refractivity contribution in [2.75, 3.05) is 6.61 Å². The molecule has 1 N–H and O–H groups in total. The number of hydrogen-bond donors (Lipinski definition) is 1. The van der Waals surface area contributed by atoms with Crippen molar-refractivity contribution in [3.63, 3.8) is 0 Å². The predicted molar refractivity (Wildman–Crippen MR) is 87.3 cm³/mol. The third kappa shape index (κ3) is 3.74. The molecule has 0 heterocycles. The van der Waals surface area contributed by atoms with Crippen LogP contribution in [0.4, 0.5) is 0 Å². The molecule has 0 saturated carbocycles. The zero-order chi connectivity index (χ0) is 16.2. The smallest absolute Gasteiger partial charge is 0.149 e. The van der Waals surface area contributed by atoms with Gasteiger partial charge in [-0.1, -0.05) is 60.2 Å². The van der Waals surface area contributed by atoms with Crippen LogP contribution >= 0.6 is 0 Å². The molecule has 0 saturated heterocycles. The van der Waals surface area contributed by atoms with E-state index < -0.39 is 11.2 Å². The molecule has 3 heteroatoms. The number of aryl methyl sites for hydroxylation is 1. The summed E-state index contributed by atoms with van der Waals surface area (Å²) in [5.41, 5.74) is 1.56. The lowest BCUT2D eigenvalue weighted by Gasteiger charge is -2.32. The van der Waals surface area contributed by atoms with Crippen LogP contribution in [-0.2, 0) is 21.0 Å². The molecule has 2 aromatic rings. The zero-order valence-corrected chi connectivity index (χ0v) is 13.7. The summed E-state index contributed by atoms with van der Waals surface area (Å²) in [5.74, 6) is 0. The SMILES string of the molecule is Cc1cccc(C(C)(C)OOC(C)(CO)c2ccccc2)c1. The monoisotopic (exact) mass is 300 g/mol. The lowest BCUT2D eigenvalue weighted by atomic mass is 9.96. The summed E-state index contributed by atoms with van der Waals surface area (Å²) in [5, 5.41) is 9.75. The van der Waals surface area contributed by atoms with Crippen molar-refractivity contribution in [1.82, 2.24) is 0 Å². The van der Waals surface area contributed by atoms with Gasteiger partial charge in [0.15, 0.2) is 0 Å². The van der Waals surface area contributed by atoms with E-state index in [0.717, 1.165) is 11.1 Å². The Kier molecular flexibility index (Phi) is 5.01. The topological polar surface area (TPSA) is 38.7 Å². The van der Waals surface area contributed by atoms with E-state index in [1.54, 1.807) is 0 Å². The standard InChI is InChI=1S/C19H24O3/c1-15-9-8-12-17(13-15)18(2,3)21-22-19(4,14-20)16-10-6-5-7-11-16/h5-13,20H,14H2,1-4H3. The Labute approximate surface area is 132 Å². The van der Waals surface area contributed by atoms with Gasteiger partial charge in [-0.25, -0.2) is 9.78 Å². The number of aliphatic hydroxyl groups excluding tert-OH is 1. The fourth-order valence-corrected chi connectivity index (χ4v) is 2.22. The highest BCUT2D eigenvalue weighted by molar-refractivity contribution is 5.26. The second-order valence-corrected chi connectivity index (χ2v) is 6.30. The maximum Gasteiger partial charge on any atom is 0.149 e. The molecule has 118 valence electrons. The van der Waals surface area contributed by atoms with E-state index in [-0.39, 0.29) is 6.61 Å². The van der Waals surface area contributed by atoms with Crippen LogP contribution < -0.4 is 0 Å². The predicted octanol–water partition coefficient (Wildman–Crippen LogP) is 4.09. The summed E-state index contributed by atoms with van der Waals surface area (Å²) >= 11 is 0. The van der Waals surface area contributed by atoms with Gasteiger partial charge in [0.2, 0.25) is 0 Å². The maximum atomic E-state index is 9.75. The van der Waals surface area contributed by atoms with Gasteiger partial charge in [-0.3, -0.25) is 0 Å². The molecule has 1 unspecified atom stereocenters. The van der Waals surface area contributed by atoms with E-state index in [1.807, 2.05) is 76.2 Å². The molecule has 2 aromatic carbocycles. The molecule has 22 heavy (non-hydrogen) atoms. The van der Waals surface area contributed by atoms with Crippen molar-refractivity contribution in [1.29, 1.82) is 0 Å². The second-order valence-electron chi connectivity index (χ2n) is 6.30. The van der Waals surface area contributed by atoms with Gasteiger partial charge in [-0.2, -0.15) is 0 Å². The molecule has 0 radical (unpaired) electrons. The van der Waals surface area contributed by atoms with Crippen molar-refractivity contribution in [3.8, 4) is 0 Å². The van der Waals surface area contributed by atoms with Crippen LogP contribution in [-0.4, -0.2) is 11.7 Å². The van der Waals surface area contributed by atoms with E-state index >= 15 is 0 Å². The van der Waals surface area contributed by atoms with Crippen molar-refractivity contribution >= 4 is 0 Å². The minimum atomic E-state index is -0.900. The van der Waals surface area contributed by atoms with E-state index in [4.69, 9.17) is 9.78 Å². The first kappa shape index (κ1) is 16.7. The van der Waals surface area contributed by atoms with Gasteiger partial charge in [0, 0.05) is 0 Å². The van der Waals surface area contributed by atoms with Gasteiger partial charge in [0.25, 0.3) is 0 Å². The molecular formula is C19H24O3. The van der Waals surface area contributed by atoms with Gasteiger partial charge in [0.1, 0.15) is 11.2 Å². The lowest BCUT2D eigenvalue weighted by molar-refractivity contribution is -0.417. The third-order valence-electron chi connectivity index (χ3n) is 3.83. The van der Waals surface area contributed by atoms with Crippen molar-refractivity contribution < 1.29 is 14.9 Å². The minimum absolute atomic E-state index is 0.166. The molecule has 0 bridgehead atoms. The molecule has 1 atom stereocenters. The van der Waals surface area contributed by atoms with Gasteiger partial charge < -0.3 is 5.11 Å². The van der Waals surface area contributed by atoms with Crippen molar-refractivity contribution in [3.05, 3.63) is 71.3 Å². The van der Waals surface area contributed by atoms with Gasteiger partial charge >= 0.3 is 0 Å². The molecule has 0 spiro atoms. The summed E-state index contributed by atoms with van der Waals surface area (Å²) in [6.07, 6.45) is 0. The van der Waals surface area contributed by atoms with E-state index in [0.29, 0.717) is 0 Å². The number of benzene rings is 2. The Bertz CT molecular complexity index is 607. The zero-order valence-electron chi connectivity index (χ0n) is 13.7. The Morgan fingerprint density at radius 2 is 1.50 bits per heavy atom. The van der Waals surface area contributed by atoms with Crippen LogP contribution in [0.25, 0.3) is 0 Å². The fraction of sp³-hybridized carbons (Fsp3) is 0.368. The first-order chi connectivity index (χ1) is 10.4. The van der Waals surface area contributed by atoms with Gasteiger partial charge in [-0.05, 0) is 38.8 Å². The summed E-state index contributed by atoms with van der Waals surface area (Å²) < 4.78 is 0. The van der Waals surface area contributed by atoms with Crippen molar-refractivity contribution in [2.45, 2.75) is 38.9 Å². The number of hydrogen-bond acceptors (Lipinski definition) is 3. The third-order valence-corrected chi connectivity index (χ3v) is 3.83. The first-order valence-electron chi connectivity index (χ1n) is 7.48. The Morgan fingerprint density at radius 1 is 0.864 bits per heavy atom. The molecule has 0 aliphatic carbocycles. The van der Waals surface area contributed by atoms with Crippen LogP contribution in [0.1, 0.15) is 37.5 Å². The van der Waals surface area contributed by atoms with Gasteiger partial charge in [-0.15, -0.1) is 0 Å². The molecular weight excluding hydrogens is 276 g/mol. The average molecular weight is 300 g/mol. The highest BCUT2D eigenvalue weighted by Crippen LogP contribution is 2.31. The highest BCUT2D eigenvalue weighted by Gasteiger charge is 2.32. The Hall–Kier alpha value is -1.68. The summed E-state index contributed by atoms with van der Waals surface area (Å²) in [6, 6.07) is 17.7. The summed E-state index contributed by atoms with van der Waals surface area (Å²) in [7, 11) is 0. The van der Waals surface area contributed by atoms with Crippen LogP contribution in [0.15, 0.2) is 54.6 Å². The van der Waals surface area contributed by atoms with Crippen LogP contribution in [0.5, 0.6) is 0 Å². The Balaban J connectivity index is 2.16. The number of aliphatic hydroxyl groups is 1. The first-order valence-corrected chi connectivity index (χ1v) is 7.48. The molecule has 3 nitrogen and oxygen atoms in total. The molecule has 2 rings (SSSR count). The largest absolute Gasteiger partial charge is 0.393 e. The normalized spacial score (nSPS) is 14.6. The summed E-state index contributed by atoms with van der Waals surface area (Å²) in [4.78, 5) is 11.4. The molecule has 0 fully saturated rings. The highest BCUT2D eigenvalue weighted by atomic mass is 17.2. The summed E-state index contributed by atoms with van der Waals surface area (Å²) in [6.45, 7) is 7.59. The average Bonchev–Trinajstić information content (AvgIpc) is 2.53. The molecule has 0 aliphatic rings. The molecule has 0 amide bonds. The van der Waals surface area contributed by atoms with E-state index in [1.165, 1.54) is 5.56 Å². The maximum absolute atomic E-state index is 9.75. The molecule has 0 aliphatic heterocycles. The number of rotatable bonds is 6. The lowest BCUT2D eigenvalue weighted by Crippen LogP contribution is -2.34. The van der Waals surface area contributed by atoms with E-state index in [2.05, 4.69) is 6.07 Å². The van der Waals surface area contributed by atoms with E-state index in [9.17, 15) is 5.11 Å². The minimum Gasteiger partial charge on any atom is -0.393 e. The second kappa shape index (κ2) is 6.61. The van der Waals surface area contributed by atoms with Crippen LogP contribution in [0.2, 0.25) is 0 Å². The van der Waals surface area contributed by atoms with Crippen LogP contribution in [0.3, 0.4) is 0 Å². The molecule has 0 aromatic heterocycles. The fourth-order valence-electron chi connectivity index (χ4n) is 2.22.